The van der Waals surface area contributed by atoms with Crippen LogP contribution in [0.4, 0.5) is 0 Å². The van der Waals surface area contributed by atoms with Gasteiger partial charge in [-0.05, 0) is 48.8 Å². The average molecular weight is 388 g/mol. The van der Waals surface area contributed by atoms with Crippen LogP contribution in [-0.4, -0.2) is 20.4 Å². The van der Waals surface area contributed by atoms with Crippen molar-refractivity contribution in [1.82, 2.24) is 5.32 Å². The monoisotopic (exact) mass is 387 g/mol. The van der Waals surface area contributed by atoms with Crippen LogP contribution in [0.25, 0.3) is 0 Å². The van der Waals surface area contributed by atoms with Crippen LogP contribution in [0.2, 0.25) is 0 Å². The van der Waals surface area contributed by atoms with Crippen LogP contribution in [0.3, 0.4) is 0 Å². The minimum absolute atomic E-state index is 0.0669. The molecule has 0 amide bonds. The van der Waals surface area contributed by atoms with E-state index in [2.05, 4.69) is 69.4 Å². The Labute approximate surface area is 166 Å². The van der Waals surface area contributed by atoms with Crippen molar-refractivity contribution >= 4 is 13.9 Å². The molecule has 0 aliphatic rings. The van der Waals surface area contributed by atoms with Crippen LogP contribution >= 0.6 is 8.58 Å². The van der Waals surface area contributed by atoms with Gasteiger partial charge in [0.05, 0.1) is 0 Å². The molecular weight excluding hydrogens is 353 g/mol. The molecule has 27 heavy (non-hydrogen) atoms. The molecule has 0 spiro atoms. The van der Waals surface area contributed by atoms with Crippen LogP contribution in [0.1, 0.15) is 50.3 Å². The van der Waals surface area contributed by atoms with Crippen LogP contribution in [0.5, 0.6) is 5.75 Å². The van der Waals surface area contributed by atoms with Crippen LogP contribution < -0.4 is 15.4 Å². The lowest BCUT2D eigenvalue weighted by molar-refractivity contribution is 0.0499. The van der Waals surface area contributed by atoms with E-state index < -0.39 is 0 Å². The van der Waals surface area contributed by atoms with Crippen molar-refractivity contribution in [3.05, 3.63) is 59.2 Å². The molecule has 4 heteroatoms. The van der Waals surface area contributed by atoms with Gasteiger partial charge in [0.15, 0.2) is 6.79 Å². The van der Waals surface area contributed by atoms with E-state index in [9.17, 15) is 0 Å². The van der Waals surface area contributed by atoms with Crippen LogP contribution in [-0.2, 0) is 16.4 Å². The molecular formula is C23H34NO2P. The molecule has 1 unspecified atom stereocenters. The largest absolute Gasteiger partial charge is 0.467 e. The van der Waals surface area contributed by atoms with Gasteiger partial charge in [0.25, 0.3) is 0 Å². The van der Waals surface area contributed by atoms with Crippen molar-refractivity contribution in [3.63, 3.8) is 0 Å². The van der Waals surface area contributed by atoms with E-state index in [1.54, 1.807) is 7.11 Å². The number of aryl methyl sites for hydroxylation is 1. The lowest BCUT2D eigenvalue weighted by atomic mass is 9.92. The maximum atomic E-state index is 5.93. The highest BCUT2D eigenvalue weighted by Gasteiger charge is 2.33. The van der Waals surface area contributed by atoms with Crippen LogP contribution in [0.15, 0.2) is 42.5 Å². The fourth-order valence-electron chi connectivity index (χ4n) is 3.54. The Balaban J connectivity index is 2.47. The highest BCUT2D eigenvalue weighted by molar-refractivity contribution is 7.48. The SMILES string of the molecule is CCNCc1cccc(C)c1PC(CC)(CC)c1ccccc1OCOC. The number of hydrogen-bond acceptors (Lipinski definition) is 3. The van der Waals surface area contributed by atoms with Crippen molar-refractivity contribution in [2.45, 2.75) is 52.2 Å². The fraction of sp³-hybridized carbons (Fsp3) is 0.478. The summed E-state index contributed by atoms with van der Waals surface area (Å²) in [5.41, 5.74) is 4.09. The molecule has 0 bridgehead atoms. The zero-order chi connectivity index (χ0) is 19.7. The van der Waals surface area contributed by atoms with Crippen molar-refractivity contribution in [2.24, 2.45) is 0 Å². The molecule has 0 heterocycles. The molecule has 0 radical (unpaired) electrons. The van der Waals surface area contributed by atoms with Crippen LogP contribution in [0, 0.1) is 6.92 Å². The summed E-state index contributed by atoms with van der Waals surface area (Å²) >= 11 is 0. The number of rotatable bonds is 11. The Morgan fingerprint density at radius 1 is 1.00 bits per heavy atom. The predicted octanol–water partition coefficient (Wildman–Crippen LogP) is 5.11. The van der Waals surface area contributed by atoms with Gasteiger partial charge < -0.3 is 14.8 Å². The van der Waals surface area contributed by atoms with E-state index in [1.807, 2.05) is 6.07 Å². The number of nitrogens with one attached hydrogen (secondary N) is 1. The lowest BCUT2D eigenvalue weighted by Gasteiger charge is -2.35. The molecule has 2 aromatic carbocycles. The second-order valence-electron chi connectivity index (χ2n) is 6.85. The number of ether oxygens (including phenoxy) is 2. The summed E-state index contributed by atoms with van der Waals surface area (Å²) in [6.45, 7) is 11.2. The van der Waals surface area contributed by atoms with Gasteiger partial charge in [-0.2, -0.15) is 0 Å². The molecule has 0 aromatic heterocycles. The number of para-hydroxylation sites is 1. The van der Waals surface area contributed by atoms with Gasteiger partial charge in [0, 0.05) is 24.4 Å². The van der Waals surface area contributed by atoms with Gasteiger partial charge in [-0.3, -0.25) is 0 Å². The second kappa shape index (κ2) is 10.8. The van der Waals surface area contributed by atoms with Gasteiger partial charge >= 0.3 is 0 Å². The Kier molecular flexibility index (Phi) is 8.76. The second-order valence-corrected chi connectivity index (χ2v) is 8.56. The third-order valence-corrected chi connectivity index (χ3v) is 7.65. The third-order valence-electron chi connectivity index (χ3n) is 5.23. The quantitative estimate of drug-likeness (QED) is 0.429. The standard InChI is InChI=1S/C23H34NO2P/c1-6-23(7-2,20-14-9-10-15-21(20)26-17-25-5)27-22-18(4)12-11-13-19(22)16-24-8-3/h9-15,24,27H,6-8,16-17H2,1-5H3. The van der Waals surface area contributed by atoms with E-state index >= 15 is 0 Å². The summed E-state index contributed by atoms with van der Waals surface area (Å²) in [5.74, 6) is 0.942. The minimum atomic E-state index is 0.0669. The van der Waals surface area contributed by atoms with E-state index in [-0.39, 0.29) is 11.9 Å². The van der Waals surface area contributed by atoms with Crippen molar-refractivity contribution in [2.75, 3.05) is 20.4 Å². The molecule has 1 atom stereocenters. The number of methoxy groups -OCH3 is 1. The smallest absolute Gasteiger partial charge is 0.188 e. The van der Waals surface area contributed by atoms with E-state index in [4.69, 9.17) is 9.47 Å². The highest BCUT2D eigenvalue weighted by atomic mass is 31.1. The van der Waals surface area contributed by atoms with Gasteiger partial charge in [-0.1, -0.05) is 65.8 Å². The van der Waals surface area contributed by atoms with E-state index in [1.165, 1.54) is 22.0 Å². The molecule has 0 saturated heterocycles. The van der Waals surface area contributed by atoms with Crippen molar-refractivity contribution < 1.29 is 9.47 Å². The van der Waals surface area contributed by atoms with Gasteiger partial charge in [-0.15, -0.1) is 0 Å². The number of benzene rings is 2. The van der Waals surface area contributed by atoms with E-state index in [0.717, 1.165) is 31.7 Å². The topological polar surface area (TPSA) is 30.5 Å². The molecule has 0 fully saturated rings. The Bertz CT molecular complexity index is 713. The summed E-state index contributed by atoms with van der Waals surface area (Å²) in [6.07, 6.45) is 2.15. The zero-order valence-corrected chi connectivity index (χ0v) is 18.4. The molecule has 148 valence electrons. The van der Waals surface area contributed by atoms with E-state index in [0.29, 0.717) is 8.58 Å². The number of hydrogen-bond donors (Lipinski definition) is 1. The summed E-state index contributed by atoms with van der Waals surface area (Å²) in [7, 11) is 2.36. The Morgan fingerprint density at radius 2 is 1.74 bits per heavy atom. The molecule has 2 rings (SSSR count). The lowest BCUT2D eigenvalue weighted by Crippen LogP contribution is -2.26. The molecule has 0 aliphatic heterocycles. The summed E-state index contributed by atoms with van der Waals surface area (Å²) in [4.78, 5) is 0. The zero-order valence-electron chi connectivity index (χ0n) is 17.4. The Hall–Kier alpha value is -1.41. The summed E-state index contributed by atoms with van der Waals surface area (Å²) in [6, 6.07) is 15.1. The maximum Gasteiger partial charge on any atom is 0.188 e. The fourth-order valence-corrected chi connectivity index (χ4v) is 5.33. The Morgan fingerprint density at radius 3 is 2.41 bits per heavy atom. The molecule has 0 aliphatic carbocycles. The molecule has 0 saturated carbocycles. The van der Waals surface area contributed by atoms with Gasteiger partial charge in [-0.25, -0.2) is 0 Å². The minimum Gasteiger partial charge on any atom is -0.467 e. The van der Waals surface area contributed by atoms with Crippen molar-refractivity contribution in [1.29, 1.82) is 0 Å². The predicted molar refractivity (Wildman–Crippen MR) is 118 cm³/mol. The first-order chi connectivity index (χ1) is 13.1. The van der Waals surface area contributed by atoms with Crippen molar-refractivity contribution in [3.8, 4) is 5.75 Å². The first kappa shape index (κ1) is 21.9. The van der Waals surface area contributed by atoms with Gasteiger partial charge in [0.2, 0.25) is 0 Å². The first-order valence-corrected chi connectivity index (χ1v) is 10.9. The molecule has 2 aromatic rings. The molecule has 3 nitrogen and oxygen atoms in total. The maximum absolute atomic E-state index is 5.93. The normalized spacial score (nSPS) is 12.0. The highest BCUT2D eigenvalue weighted by Crippen LogP contribution is 2.50. The van der Waals surface area contributed by atoms with Gasteiger partial charge in [0.1, 0.15) is 5.75 Å². The first-order valence-electron chi connectivity index (χ1n) is 9.90. The molecule has 1 N–H and O–H groups in total. The summed E-state index contributed by atoms with van der Waals surface area (Å²) in [5, 5.41) is 5.05. The summed E-state index contributed by atoms with van der Waals surface area (Å²) < 4.78 is 11.1. The third kappa shape index (κ3) is 5.31. The average Bonchev–Trinajstić information content (AvgIpc) is 2.71.